The molecule has 0 unspecified atom stereocenters. The molecule has 0 aromatic heterocycles. The monoisotopic (exact) mass is 484 g/mol. The normalized spacial score (nSPS) is 10.9. The van der Waals surface area contributed by atoms with Gasteiger partial charge in [-0.2, -0.15) is 5.10 Å². The van der Waals surface area contributed by atoms with Crippen LogP contribution in [0, 0.1) is 13.8 Å². The molecule has 0 aliphatic rings. The van der Waals surface area contributed by atoms with E-state index in [4.69, 9.17) is 32.7 Å². The number of benzene rings is 3. The quantitative estimate of drug-likeness (QED) is 0.287. The van der Waals surface area contributed by atoms with E-state index < -0.39 is 0 Å². The number of hydrogen-bond acceptors (Lipinski definition) is 4. The van der Waals surface area contributed by atoms with Gasteiger partial charge in [-0.3, -0.25) is 4.79 Å². The summed E-state index contributed by atoms with van der Waals surface area (Å²) in [5.41, 5.74) is 7.36. The Bertz CT molecular complexity index is 1160. The van der Waals surface area contributed by atoms with E-state index in [1.807, 2.05) is 51.1 Å². The van der Waals surface area contributed by atoms with E-state index in [0.29, 0.717) is 40.3 Å². The molecular formula is C26H26Cl2N2O3. The summed E-state index contributed by atoms with van der Waals surface area (Å²) in [5, 5.41) is 5.08. The van der Waals surface area contributed by atoms with Crippen LogP contribution in [0.4, 0.5) is 0 Å². The fourth-order valence-electron chi connectivity index (χ4n) is 3.28. The van der Waals surface area contributed by atoms with Crippen LogP contribution in [0.5, 0.6) is 11.5 Å². The Kier molecular flexibility index (Phi) is 8.75. The molecule has 7 heteroatoms. The number of rotatable bonds is 9. The second kappa shape index (κ2) is 11.7. The topological polar surface area (TPSA) is 59.9 Å². The Hall–Kier alpha value is -3.02. The number of carbonyl (C=O) groups excluding carboxylic acids is 1. The second-order valence-corrected chi connectivity index (χ2v) is 8.43. The fourth-order valence-corrected chi connectivity index (χ4v) is 3.77. The predicted octanol–water partition coefficient (Wildman–Crippen LogP) is 6.28. The summed E-state index contributed by atoms with van der Waals surface area (Å²) in [6.45, 7) is 6.63. The van der Waals surface area contributed by atoms with Crippen molar-refractivity contribution in [2.75, 3.05) is 6.61 Å². The average Bonchev–Trinajstić information content (AvgIpc) is 2.75. The zero-order valence-corrected chi connectivity index (χ0v) is 20.3. The van der Waals surface area contributed by atoms with Crippen molar-refractivity contribution in [3.8, 4) is 11.5 Å². The lowest BCUT2D eigenvalue weighted by atomic mass is 10.0. The second-order valence-electron chi connectivity index (χ2n) is 7.58. The van der Waals surface area contributed by atoms with Crippen molar-refractivity contribution in [3.05, 3.63) is 92.5 Å². The molecule has 0 saturated carbocycles. The van der Waals surface area contributed by atoms with E-state index in [1.54, 1.807) is 18.2 Å². The first-order valence-corrected chi connectivity index (χ1v) is 11.3. The summed E-state index contributed by atoms with van der Waals surface area (Å²) in [4.78, 5) is 12.3. The molecule has 0 atom stereocenters. The van der Waals surface area contributed by atoms with Gasteiger partial charge in [0.1, 0.15) is 6.61 Å². The number of halogens is 2. The zero-order chi connectivity index (χ0) is 23.8. The Morgan fingerprint density at radius 3 is 2.61 bits per heavy atom. The van der Waals surface area contributed by atoms with Gasteiger partial charge < -0.3 is 9.47 Å². The summed E-state index contributed by atoms with van der Waals surface area (Å²) >= 11 is 12.5. The Balaban J connectivity index is 1.67. The first kappa shape index (κ1) is 24.6. The molecule has 0 spiro atoms. The van der Waals surface area contributed by atoms with Crippen molar-refractivity contribution in [2.45, 2.75) is 33.8 Å². The van der Waals surface area contributed by atoms with E-state index in [2.05, 4.69) is 16.6 Å². The van der Waals surface area contributed by atoms with Crippen LogP contribution in [0.2, 0.25) is 10.0 Å². The van der Waals surface area contributed by atoms with E-state index in [0.717, 1.165) is 22.3 Å². The molecule has 5 nitrogen and oxygen atoms in total. The van der Waals surface area contributed by atoms with Crippen molar-refractivity contribution >= 4 is 35.3 Å². The molecule has 3 aromatic carbocycles. The predicted molar refractivity (Wildman–Crippen MR) is 134 cm³/mol. The minimum absolute atomic E-state index is 0.198. The van der Waals surface area contributed by atoms with Crippen LogP contribution in [-0.4, -0.2) is 18.7 Å². The molecule has 3 aromatic rings. The Morgan fingerprint density at radius 2 is 1.88 bits per heavy atom. The molecule has 0 heterocycles. The fraction of sp³-hybridized carbons (Fsp3) is 0.231. The van der Waals surface area contributed by atoms with Gasteiger partial charge in [-0.15, -0.1) is 0 Å². The van der Waals surface area contributed by atoms with Crippen molar-refractivity contribution in [2.24, 2.45) is 5.10 Å². The molecule has 1 N–H and O–H groups in total. The third-order valence-corrected chi connectivity index (χ3v) is 5.37. The lowest BCUT2D eigenvalue weighted by Crippen LogP contribution is -2.20. The number of ether oxygens (including phenoxy) is 2. The summed E-state index contributed by atoms with van der Waals surface area (Å²) in [6, 6.07) is 16.9. The maximum atomic E-state index is 12.3. The van der Waals surface area contributed by atoms with E-state index in [9.17, 15) is 4.79 Å². The number of nitrogens with one attached hydrogen (secondary N) is 1. The summed E-state index contributed by atoms with van der Waals surface area (Å²) in [6.07, 6.45) is 1.78. The van der Waals surface area contributed by atoms with Crippen molar-refractivity contribution in [3.63, 3.8) is 0 Å². The van der Waals surface area contributed by atoms with Crippen molar-refractivity contribution in [1.29, 1.82) is 0 Å². The van der Waals surface area contributed by atoms with Gasteiger partial charge in [0.15, 0.2) is 11.5 Å². The molecule has 3 rings (SSSR count). The number of amides is 1. The molecule has 0 aliphatic heterocycles. The van der Waals surface area contributed by atoms with Crippen molar-refractivity contribution < 1.29 is 14.3 Å². The van der Waals surface area contributed by atoms with Crippen LogP contribution >= 0.6 is 23.2 Å². The van der Waals surface area contributed by atoms with Crippen LogP contribution in [0.1, 0.15) is 34.7 Å². The average molecular weight is 485 g/mol. The largest absolute Gasteiger partial charge is 0.490 e. The van der Waals surface area contributed by atoms with Crippen LogP contribution in [0.15, 0.2) is 59.7 Å². The van der Waals surface area contributed by atoms with E-state index in [1.165, 1.54) is 6.21 Å². The minimum Gasteiger partial charge on any atom is -0.490 e. The number of nitrogens with zero attached hydrogens (tertiary/aromatic N) is 1. The SMILES string of the molecule is CCOc1cc(/C=N\NC(=O)Cc2ccc(C)cc2C)cc(Cl)c1OCc1cccc(Cl)c1. The van der Waals surface area contributed by atoms with E-state index in [-0.39, 0.29) is 12.3 Å². The molecular weight excluding hydrogens is 459 g/mol. The van der Waals surface area contributed by atoms with Gasteiger partial charge in [-0.05, 0) is 67.3 Å². The zero-order valence-electron chi connectivity index (χ0n) is 18.8. The third-order valence-electron chi connectivity index (χ3n) is 4.86. The van der Waals surface area contributed by atoms with Gasteiger partial charge in [0.2, 0.25) is 5.91 Å². The highest BCUT2D eigenvalue weighted by Gasteiger charge is 2.13. The smallest absolute Gasteiger partial charge is 0.244 e. The van der Waals surface area contributed by atoms with Crippen LogP contribution in [0.3, 0.4) is 0 Å². The highest BCUT2D eigenvalue weighted by molar-refractivity contribution is 6.32. The van der Waals surface area contributed by atoms with Gasteiger partial charge in [0, 0.05) is 5.02 Å². The molecule has 33 heavy (non-hydrogen) atoms. The summed E-state index contributed by atoms with van der Waals surface area (Å²) in [7, 11) is 0. The maximum Gasteiger partial charge on any atom is 0.244 e. The van der Waals surface area contributed by atoms with Crippen LogP contribution in [0.25, 0.3) is 0 Å². The molecule has 172 valence electrons. The molecule has 0 saturated heterocycles. The first-order chi connectivity index (χ1) is 15.9. The van der Waals surface area contributed by atoms with E-state index >= 15 is 0 Å². The van der Waals surface area contributed by atoms with Gasteiger partial charge in [0.05, 0.1) is 24.3 Å². The van der Waals surface area contributed by atoms with Gasteiger partial charge in [-0.25, -0.2) is 5.43 Å². The number of hydrogen-bond donors (Lipinski definition) is 1. The van der Waals surface area contributed by atoms with Crippen LogP contribution < -0.4 is 14.9 Å². The maximum absolute atomic E-state index is 12.3. The third kappa shape index (κ3) is 7.24. The lowest BCUT2D eigenvalue weighted by molar-refractivity contribution is -0.120. The first-order valence-electron chi connectivity index (χ1n) is 10.6. The van der Waals surface area contributed by atoms with Crippen molar-refractivity contribution in [1.82, 2.24) is 5.43 Å². The molecule has 0 fully saturated rings. The van der Waals surface area contributed by atoms with Crippen LogP contribution in [-0.2, 0) is 17.8 Å². The van der Waals surface area contributed by atoms with Gasteiger partial charge >= 0.3 is 0 Å². The molecule has 0 aliphatic carbocycles. The molecule has 0 radical (unpaired) electrons. The van der Waals surface area contributed by atoms with Gasteiger partial charge in [0.25, 0.3) is 0 Å². The summed E-state index contributed by atoms with van der Waals surface area (Å²) in [5.74, 6) is 0.736. The Labute approximate surface area is 204 Å². The standard InChI is InChI=1S/C26H26Cl2N2O3/c1-4-32-24-13-20(12-23(28)26(24)33-16-19-6-5-7-22(27)11-19)15-29-30-25(31)14-21-9-8-17(2)10-18(21)3/h5-13,15H,4,14,16H2,1-3H3,(H,30,31)/b29-15-. The number of carbonyl (C=O) groups is 1. The van der Waals surface area contributed by atoms with Gasteiger partial charge in [-0.1, -0.05) is 59.1 Å². The lowest BCUT2D eigenvalue weighted by Gasteiger charge is -2.14. The highest BCUT2D eigenvalue weighted by atomic mass is 35.5. The summed E-state index contributed by atoms with van der Waals surface area (Å²) < 4.78 is 11.6. The number of hydrazone groups is 1. The molecule has 1 amide bonds. The minimum atomic E-state index is -0.198. The Morgan fingerprint density at radius 1 is 1.06 bits per heavy atom. The number of aryl methyl sites for hydroxylation is 2. The molecule has 0 bridgehead atoms. The highest BCUT2D eigenvalue weighted by Crippen LogP contribution is 2.37.